The number of carbonyl (C=O) groups is 1. The van der Waals surface area contributed by atoms with Gasteiger partial charge >= 0.3 is 0 Å². The summed E-state index contributed by atoms with van der Waals surface area (Å²) in [4.78, 5) is 16.9. The van der Waals surface area contributed by atoms with Crippen LogP contribution >= 0.6 is 0 Å². The second-order valence-corrected chi connectivity index (χ2v) is 9.94. The Balaban J connectivity index is 1.72. The van der Waals surface area contributed by atoms with Crippen molar-refractivity contribution in [3.63, 3.8) is 0 Å². The Kier molecular flexibility index (Phi) is 8.21. The number of fused-ring (bicyclic) bond motifs is 1. The van der Waals surface area contributed by atoms with E-state index in [4.69, 9.17) is 0 Å². The Morgan fingerprint density at radius 3 is 2.29 bits per heavy atom. The van der Waals surface area contributed by atoms with Crippen LogP contribution in [0.3, 0.4) is 0 Å². The first kappa shape index (κ1) is 25.6. The second kappa shape index (κ2) is 10.9. The highest BCUT2D eigenvalue weighted by Gasteiger charge is 2.29. The molecule has 9 nitrogen and oxygen atoms in total. The lowest BCUT2D eigenvalue weighted by molar-refractivity contribution is -0.125. The molecule has 1 heterocycles. The van der Waals surface area contributed by atoms with Crippen molar-refractivity contribution in [3.05, 3.63) is 65.9 Å². The van der Waals surface area contributed by atoms with Crippen molar-refractivity contribution < 1.29 is 28.5 Å². The van der Waals surface area contributed by atoms with Gasteiger partial charge in [0.25, 0.3) is 10.0 Å². The van der Waals surface area contributed by atoms with E-state index >= 15 is 0 Å². The van der Waals surface area contributed by atoms with Crippen LogP contribution in [0.5, 0.6) is 0 Å². The zero-order chi connectivity index (χ0) is 24.8. The molecule has 0 atom stereocenters. The predicted molar refractivity (Wildman–Crippen MR) is 129 cm³/mol. The molecule has 0 bridgehead atoms. The summed E-state index contributed by atoms with van der Waals surface area (Å²) in [5.74, 6) is -0.413. The first-order valence-electron chi connectivity index (χ1n) is 10.8. The maximum atomic E-state index is 12.8. The minimum Gasteiger partial charge on any atom is -0.394 e. The number of carbonyl (C=O) groups excluding carboxylic acids is 1. The van der Waals surface area contributed by atoms with E-state index in [1.807, 2.05) is 25.1 Å². The zero-order valence-corrected chi connectivity index (χ0v) is 19.7. The number of benzene rings is 2. The Bertz CT molecular complexity index is 1230. The van der Waals surface area contributed by atoms with Gasteiger partial charge in [0.1, 0.15) is 5.54 Å². The van der Waals surface area contributed by atoms with Crippen LogP contribution in [0.15, 0.2) is 59.5 Å². The van der Waals surface area contributed by atoms with Gasteiger partial charge < -0.3 is 20.6 Å². The Morgan fingerprint density at radius 1 is 0.971 bits per heavy atom. The van der Waals surface area contributed by atoms with Crippen LogP contribution < -0.4 is 10.0 Å². The number of sulfonamides is 1. The van der Waals surface area contributed by atoms with Crippen LogP contribution in [0, 0.1) is 6.92 Å². The van der Waals surface area contributed by atoms with Crippen molar-refractivity contribution in [3.8, 4) is 0 Å². The predicted octanol–water partition coefficient (Wildman–Crippen LogP) is 1.50. The summed E-state index contributed by atoms with van der Waals surface area (Å²) in [6, 6.07) is 15.5. The Hall–Kier alpha value is -3.05. The molecular weight excluding hydrogens is 458 g/mol. The van der Waals surface area contributed by atoms with E-state index in [0.717, 1.165) is 10.9 Å². The molecular formula is C24H29N3O6S. The van der Waals surface area contributed by atoms with Gasteiger partial charge in [0.15, 0.2) is 0 Å². The highest BCUT2D eigenvalue weighted by molar-refractivity contribution is 7.92. The van der Waals surface area contributed by atoms with Crippen molar-refractivity contribution in [2.45, 2.75) is 36.6 Å². The zero-order valence-electron chi connectivity index (χ0n) is 18.9. The summed E-state index contributed by atoms with van der Waals surface area (Å²) in [7, 11) is -3.79. The van der Waals surface area contributed by atoms with Gasteiger partial charge in [-0.05, 0) is 44.0 Å². The fourth-order valence-corrected chi connectivity index (χ4v) is 4.45. The molecule has 10 heteroatoms. The number of pyridine rings is 1. The summed E-state index contributed by atoms with van der Waals surface area (Å²) in [6.45, 7) is 0.129. The summed E-state index contributed by atoms with van der Waals surface area (Å²) in [5, 5.41) is 31.2. The van der Waals surface area contributed by atoms with Crippen LogP contribution in [-0.2, 0) is 21.2 Å². The largest absolute Gasteiger partial charge is 0.394 e. The molecule has 3 aromatic rings. The molecule has 0 saturated heterocycles. The average molecular weight is 488 g/mol. The number of aliphatic hydroxyl groups is 3. The molecule has 1 aromatic heterocycles. The fourth-order valence-electron chi connectivity index (χ4n) is 3.39. The number of hydrogen-bond acceptors (Lipinski definition) is 7. The average Bonchev–Trinajstić information content (AvgIpc) is 2.83. The van der Waals surface area contributed by atoms with Crippen molar-refractivity contribution in [2.75, 3.05) is 24.5 Å². The van der Waals surface area contributed by atoms with Gasteiger partial charge in [-0.25, -0.2) is 8.42 Å². The Morgan fingerprint density at radius 2 is 1.65 bits per heavy atom. The minimum absolute atomic E-state index is 0.100. The number of amides is 1. The number of aryl methyl sites for hydroxylation is 2. The summed E-state index contributed by atoms with van der Waals surface area (Å²) in [6.07, 6.45) is 0.982. The molecule has 0 spiro atoms. The third-order valence-corrected chi connectivity index (χ3v) is 6.88. The van der Waals surface area contributed by atoms with Gasteiger partial charge in [-0.2, -0.15) is 0 Å². The number of aromatic nitrogens is 1. The van der Waals surface area contributed by atoms with Crippen molar-refractivity contribution >= 4 is 32.5 Å². The second-order valence-electron chi connectivity index (χ2n) is 8.25. The van der Waals surface area contributed by atoms with E-state index in [1.54, 1.807) is 36.4 Å². The van der Waals surface area contributed by atoms with Gasteiger partial charge in [-0.1, -0.05) is 35.9 Å². The van der Waals surface area contributed by atoms with Crippen molar-refractivity contribution in [1.82, 2.24) is 10.3 Å². The van der Waals surface area contributed by atoms with Gasteiger partial charge in [-0.15, -0.1) is 0 Å². The smallest absolute Gasteiger partial charge is 0.261 e. The molecule has 0 unspecified atom stereocenters. The van der Waals surface area contributed by atoms with E-state index in [-0.39, 0.29) is 11.3 Å². The molecule has 2 aromatic carbocycles. The summed E-state index contributed by atoms with van der Waals surface area (Å²) >= 11 is 0. The number of nitrogens with one attached hydrogen (secondary N) is 2. The van der Waals surface area contributed by atoms with Gasteiger partial charge in [-0.3, -0.25) is 14.5 Å². The number of hydrogen-bond donors (Lipinski definition) is 5. The van der Waals surface area contributed by atoms with E-state index in [0.29, 0.717) is 29.7 Å². The summed E-state index contributed by atoms with van der Waals surface area (Å²) in [5.41, 5.74) is 1.04. The van der Waals surface area contributed by atoms with Crippen LogP contribution in [-0.4, -0.2) is 60.0 Å². The van der Waals surface area contributed by atoms with E-state index in [2.05, 4.69) is 15.0 Å². The number of nitrogens with zero attached hydrogens (tertiary/aromatic N) is 1. The number of para-hydroxylation sites is 1. The lowest BCUT2D eigenvalue weighted by Crippen LogP contribution is -2.57. The molecule has 0 saturated carbocycles. The normalized spacial score (nSPS) is 12.0. The fraction of sp³-hybridized carbons (Fsp3) is 0.333. The van der Waals surface area contributed by atoms with E-state index < -0.39 is 41.3 Å². The van der Waals surface area contributed by atoms with Crippen molar-refractivity contribution in [1.29, 1.82) is 0 Å². The molecule has 34 heavy (non-hydrogen) atoms. The first-order valence-corrected chi connectivity index (χ1v) is 12.3. The molecule has 0 fully saturated rings. The maximum absolute atomic E-state index is 12.8. The maximum Gasteiger partial charge on any atom is 0.261 e. The van der Waals surface area contributed by atoms with Crippen molar-refractivity contribution in [2.24, 2.45) is 0 Å². The van der Waals surface area contributed by atoms with E-state index in [9.17, 15) is 28.5 Å². The van der Waals surface area contributed by atoms with Gasteiger partial charge in [0.2, 0.25) is 5.91 Å². The lowest BCUT2D eigenvalue weighted by atomic mass is 10.0. The monoisotopic (exact) mass is 487 g/mol. The third kappa shape index (κ3) is 6.09. The standard InChI is InChI=1S/C24H29N3O6S/c1-17-8-12-20(13-9-17)34(32,33)27-21-6-2-4-18-10-11-19(25-23(18)21)5-3-7-22(31)26-24(14-28,15-29)16-30/h2,4,6,8-13,27-30H,3,5,7,14-16H2,1H3,(H,26,31). The molecule has 1 amide bonds. The van der Waals surface area contributed by atoms with Crippen LogP contribution in [0.2, 0.25) is 0 Å². The molecule has 5 N–H and O–H groups in total. The van der Waals surface area contributed by atoms with Crippen LogP contribution in [0.1, 0.15) is 24.1 Å². The molecule has 0 aliphatic heterocycles. The number of rotatable bonds is 11. The highest BCUT2D eigenvalue weighted by atomic mass is 32.2. The lowest BCUT2D eigenvalue weighted by Gasteiger charge is -2.28. The number of aliphatic hydroxyl groups excluding tert-OH is 3. The molecule has 0 radical (unpaired) electrons. The van der Waals surface area contributed by atoms with E-state index in [1.165, 1.54) is 0 Å². The summed E-state index contributed by atoms with van der Waals surface area (Å²) < 4.78 is 28.3. The molecule has 182 valence electrons. The number of anilines is 1. The molecule has 3 rings (SSSR count). The van der Waals surface area contributed by atoms with Gasteiger partial charge in [0, 0.05) is 17.5 Å². The Labute approximate surface area is 198 Å². The van der Waals surface area contributed by atoms with Crippen LogP contribution in [0.25, 0.3) is 10.9 Å². The highest BCUT2D eigenvalue weighted by Crippen LogP contribution is 2.25. The quantitative estimate of drug-likeness (QED) is 0.275. The molecule has 0 aliphatic carbocycles. The third-order valence-electron chi connectivity index (χ3n) is 5.50. The first-order chi connectivity index (χ1) is 16.2. The molecule has 0 aliphatic rings. The minimum atomic E-state index is -3.79. The topological polar surface area (TPSA) is 149 Å². The van der Waals surface area contributed by atoms with Gasteiger partial charge in [0.05, 0.1) is 35.9 Å². The van der Waals surface area contributed by atoms with Crippen LogP contribution in [0.4, 0.5) is 5.69 Å². The SMILES string of the molecule is Cc1ccc(S(=O)(=O)Nc2cccc3ccc(CCCC(=O)NC(CO)(CO)CO)nc23)cc1.